The van der Waals surface area contributed by atoms with E-state index in [9.17, 15) is 14.7 Å². The number of aryl methyl sites for hydroxylation is 2. The molecule has 1 aromatic carbocycles. The Bertz CT molecular complexity index is 817. The Morgan fingerprint density at radius 3 is 2.38 bits per heavy atom. The average Bonchev–Trinajstić information content (AvgIpc) is 2.83. The van der Waals surface area contributed by atoms with E-state index >= 15 is 0 Å². The van der Waals surface area contributed by atoms with Gasteiger partial charge in [-0.3, -0.25) is 9.48 Å². The number of ether oxygens (including phenoxy) is 1. The largest absolute Gasteiger partial charge is 0.480 e. The molecule has 0 aliphatic carbocycles. The maximum atomic E-state index is 12.4. The fraction of sp³-hybridized carbons (Fsp3) is 0.389. The Morgan fingerprint density at radius 1 is 1.31 bits per heavy atom. The summed E-state index contributed by atoms with van der Waals surface area (Å²) in [6.45, 7) is 4.99. The number of carboxylic acid groups (broad SMARTS) is 1. The molecular weight excluding hydrogens is 358 g/mol. The van der Waals surface area contributed by atoms with Crippen LogP contribution < -0.4 is 10.1 Å². The first-order chi connectivity index (χ1) is 12.2. The van der Waals surface area contributed by atoms with Crippen molar-refractivity contribution < 1.29 is 19.4 Å². The number of nitrogens with one attached hydrogen (secondary N) is 1. The van der Waals surface area contributed by atoms with Gasteiger partial charge in [-0.1, -0.05) is 30.7 Å². The van der Waals surface area contributed by atoms with Crippen molar-refractivity contribution in [1.29, 1.82) is 0 Å². The molecule has 2 aromatic rings. The number of aliphatic carboxylic acids is 1. The standard InChI is InChI=1S/C18H22ClN3O4/c1-5-18(17(24)25,13-6-8-14(19)9-7-13)20-15(23)10-26-16-11(2)21-22(4)12(16)3/h6-9H,5,10H2,1-4H3,(H,20,23)(H,24,25). The summed E-state index contributed by atoms with van der Waals surface area (Å²) < 4.78 is 7.22. The molecule has 1 heterocycles. The molecule has 2 rings (SSSR count). The van der Waals surface area contributed by atoms with Crippen LogP contribution in [0.25, 0.3) is 0 Å². The quantitative estimate of drug-likeness (QED) is 0.771. The number of benzene rings is 1. The predicted molar refractivity (Wildman–Crippen MR) is 97.4 cm³/mol. The fourth-order valence-electron chi connectivity index (χ4n) is 2.80. The second-order valence-electron chi connectivity index (χ2n) is 6.03. The first kappa shape index (κ1) is 19.8. The van der Waals surface area contributed by atoms with Gasteiger partial charge in [0.25, 0.3) is 5.91 Å². The Hall–Kier alpha value is -2.54. The van der Waals surface area contributed by atoms with Gasteiger partial charge < -0.3 is 15.2 Å². The lowest BCUT2D eigenvalue weighted by atomic mass is 9.87. The van der Waals surface area contributed by atoms with Crippen molar-refractivity contribution in [2.45, 2.75) is 32.7 Å². The van der Waals surface area contributed by atoms with Crippen LogP contribution in [0.2, 0.25) is 5.02 Å². The van der Waals surface area contributed by atoms with Crippen LogP contribution in [0.3, 0.4) is 0 Å². The normalized spacial score (nSPS) is 13.1. The van der Waals surface area contributed by atoms with Crippen LogP contribution in [0.4, 0.5) is 0 Å². The number of carbonyl (C=O) groups is 2. The minimum Gasteiger partial charge on any atom is -0.480 e. The van der Waals surface area contributed by atoms with Crippen LogP contribution in [0, 0.1) is 13.8 Å². The first-order valence-electron chi connectivity index (χ1n) is 8.14. The van der Waals surface area contributed by atoms with E-state index in [1.165, 1.54) is 0 Å². The first-order valence-corrected chi connectivity index (χ1v) is 8.52. The molecule has 0 bridgehead atoms. The molecule has 2 N–H and O–H groups in total. The molecule has 0 saturated carbocycles. The average molecular weight is 380 g/mol. The molecule has 0 spiro atoms. The van der Waals surface area contributed by atoms with Crippen molar-refractivity contribution in [1.82, 2.24) is 15.1 Å². The number of aromatic nitrogens is 2. The number of hydrogen-bond donors (Lipinski definition) is 2. The lowest BCUT2D eigenvalue weighted by Crippen LogP contribution is -2.52. The Balaban J connectivity index is 2.19. The van der Waals surface area contributed by atoms with Crippen molar-refractivity contribution in [3.63, 3.8) is 0 Å². The molecule has 1 unspecified atom stereocenters. The second-order valence-corrected chi connectivity index (χ2v) is 6.47. The summed E-state index contributed by atoms with van der Waals surface area (Å²) in [6, 6.07) is 6.37. The number of carboxylic acids is 1. The minimum atomic E-state index is -1.55. The maximum Gasteiger partial charge on any atom is 0.334 e. The van der Waals surface area contributed by atoms with Gasteiger partial charge in [0.2, 0.25) is 0 Å². The van der Waals surface area contributed by atoms with E-state index in [-0.39, 0.29) is 13.0 Å². The van der Waals surface area contributed by atoms with Gasteiger partial charge in [-0.15, -0.1) is 0 Å². The molecule has 0 saturated heterocycles. The van der Waals surface area contributed by atoms with Crippen LogP contribution in [0.15, 0.2) is 24.3 Å². The van der Waals surface area contributed by atoms with E-state index in [0.29, 0.717) is 22.0 Å². The van der Waals surface area contributed by atoms with Crippen LogP contribution in [0.1, 0.15) is 30.3 Å². The van der Waals surface area contributed by atoms with Gasteiger partial charge in [-0.2, -0.15) is 5.10 Å². The summed E-state index contributed by atoms with van der Waals surface area (Å²) in [5.74, 6) is -1.16. The van der Waals surface area contributed by atoms with E-state index in [4.69, 9.17) is 16.3 Å². The zero-order chi connectivity index (χ0) is 19.5. The van der Waals surface area contributed by atoms with Gasteiger partial charge in [0.1, 0.15) is 5.69 Å². The highest BCUT2D eigenvalue weighted by atomic mass is 35.5. The van der Waals surface area contributed by atoms with Crippen LogP contribution >= 0.6 is 11.6 Å². The second kappa shape index (κ2) is 7.78. The third-order valence-corrected chi connectivity index (χ3v) is 4.63. The number of hydrogen-bond acceptors (Lipinski definition) is 4. The number of rotatable bonds is 7. The summed E-state index contributed by atoms with van der Waals surface area (Å²) >= 11 is 5.88. The summed E-state index contributed by atoms with van der Waals surface area (Å²) in [7, 11) is 1.78. The highest BCUT2D eigenvalue weighted by molar-refractivity contribution is 6.30. The zero-order valence-electron chi connectivity index (χ0n) is 15.2. The third kappa shape index (κ3) is 3.83. The molecule has 0 aliphatic rings. The summed E-state index contributed by atoms with van der Waals surface area (Å²) in [6.07, 6.45) is 0.167. The van der Waals surface area contributed by atoms with E-state index in [1.807, 2.05) is 6.92 Å². The molecule has 1 atom stereocenters. The van der Waals surface area contributed by atoms with Gasteiger partial charge in [-0.05, 0) is 38.0 Å². The zero-order valence-corrected chi connectivity index (χ0v) is 15.9. The van der Waals surface area contributed by atoms with Gasteiger partial charge in [0, 0.05) is 12.1 Å². The summed E-state index contributed by atoms with van der Waals surface area (Å²) in [4.78, 5) is 24.4. The maximum absolute atomic E-state index is 12.4. The molecule has 140 valence electrons. The number of carbonyl (C=O) groups excluding carboxylic acids is 1. The minimum absolute atomic E-state index is 0.167. The number of nitrogens with zero attached hydrogens (tertiary/aromatic N) is 2. The van der Waals surface area contributed by atoms with Gasteiger partial charge in [0.05, 0.1) is 5.69 Å². The molecule has 1 aromatic heterocycles. The molecular formula is C18H22ClN3O4. The summed E-state index contributed by atoms with van der Waals surface area (Å²) in [5, 5.41) is 17.1. The van der Waals surface area contributed by atoms with Crippen molar-refractivity contribution in [2.24, 2.45) is 7.05 Å². The predicted octanol–water partition coefficient (Wildman–Crippen LogP) is 2.58. The van der Waals surface area contributed by atoms with Crippen molar-refractivity contribution in [3.05, 3.63) is 46.2 Å². The van der Waals surface area contributed by atoms with E-state index in [2.05, 4.69) is 10.4 Å². The molecule has 1 amide bonds. The third-order valence-electron chi connectivity index (χ3n) is 4.38. The lowest BCUT2D eigenvalue weighted by molar-refractivity contribution is -0.148. The highest BCUT2D eigenvalue weighted by Crippen LogP contribution is 2.27. The van der Waals surface area contributed by atoms with Gasteiger partial charge >= 0.3 is 5.97 Å². The van der Waals surface area contributed by atoms with Crippen molar-refractivity contribution in [3.8, 4) is 5.75 Å². The van der Waals surface area contributed by atoms with E-state index in [1.54, 1.807) is 49.8 Å². The Kier molecular flexibility index (Phi) is 5.92. The number of halogens is 1. The Labute approximate surface area is 156 Å². The van der Waals surface area contributed by atoms with Crippen molar-refractivity contribution in [2.75, 3.05) is 6.61 Å². The fourth-order valence-corrected chi connectivity index (χ4v) is 2.93. The lowest BCUT2D eigenvalue weighted by Gasteiger charge is -2.30. The topological polar surface area (TPSA) is 93.5 Å². The smallest absolute Gasteiger partial charge is 0.334 e. The van der Waals surface area contributed by atoms with Crippen molar-refractivity contribution >= 4 is 23.5 Å². The Morgan fingerprint density at radius 2 is 1.92 bits per heavy atom. The van der Waals surface area contributed by atoms with Gasteiger partial charge in [-0.25, -0.2) is 4.79 Å². The highest BCUT2D eigenvalue weighted by Gasteiger charge is 2.40. The molecule has 7 nitrogen and oxygen atoms in total. The van der Waals surface area contributed by atoms with Crippen LogP contribution in [-0.2, 0) is 22.2 Å². The van der Waals surface area contributed by atoms with Gasteiger partial charge in [0.15, 0.2) is 17.9 Å². The van der Waals surface area contributed by atoms with E-state index in [0.717, 1.165) is 5.69 Å². The SMILES string of the molecule is CCC(NC(=O)COc1c(C)nn(C)c1C)(C(=O)O)c1ccc(Cl)cc1. The molecule has 0 fully saturated rings. The molecule has 8 heteroatoms. The van der Waals surface area contributed by atoms with Crippen LogP contribution in [-0.4, -0.2) is 33.4 Å². The monoisotopic (exact) mass is 379 g/mol. The van der Waals surface area contributed by atoms with Crippen LogP contribution in [0.5, 0.6) is 5.75 Å². The number of amides is 1. The summed E-state index contributed by atoms with van der Waals surface area (Å²) in [5.41, 5.74) is 0.340. The molecule has 26 heavy (non-hydrogen) atoms. The molecule has 0 aliphatic heterocycles. The molecule has 0 radical (unpaired) electrons. The van der Waals surface area contributed by atoms with E-state index < -0.39 is 17.4 Å².